The van der Waals surface area contributed by atoms with Gasteiger partial charge in [0.25, 0.3) is 0 Å². The Morgan fingerprint density at radius 2 is 1.86 bits per heavy atom. The smallest absolute Gasteiger partial charge is 0.226 e. The number of rotatable bonds is 8. The molecular weight excluding hydrogens is 396 g/mol. The summed E-state index contributed by atoms with van der Waals surface area (Å²) in [5.74, 6) is 1.01. The lowest BCUT2D eigenvalue weighted by Gasteiger charge is -2.08. The third-order valence-corrected chi connectivity index (χ3v) is 5.82. The maximum Gasteiger partial charge on any atom is 0.226 e. The number of anilines is 1. The van der Waals surface area contributed by atoms with Crippen LogP contribution in [-0.2, 0) is 4.79 Å². The minimum atomic E-state index is -0.227. The molecule has 8 heteroatoms. The van der Waals surface area contributed by atoms with Crippen molar-refractivity contribution in [2.75, 3.05) is 19.5 Å². The minimum Gasteiger partial charge on any atom is -0.493 e. The van der Waals surface area contributed by atoms with Crippen molar-refractivity contribution in [2.24, 2.45) is 0 Å². The summed E-state index contributed by atoms with van der Waals surface area (Å²) in [6.45, 7) is 1.95. The highest BCUT2D eigenvalue weighted by Crippen LogP contribution is 2.33. The van der Waals surface area contributed by atoms with E-state index in [2.05, 4.69) is 10.3 Å². The standard InChI is InChI=1S/C20H20N2O4S2/c1-12-4-8-18(28-12)15(23)6-9-19(24)22-20-21-14(11-27-20)13-5-7-16(25-2)17(10-13)26-3/h4-5,7-8,10-11H,6,9H2,1-3H3,(H,21,22,24). The molecule has 2 aromatic heterocycles. The van der Waals surface area contributed by atoms with E-state index in [1.807, 2.05) is 36.6 Å². The zero-order chi connectivity index (χ0) is 20.1. The molecule has 1 aromatic carbocycles. The van der Waals surface area contributed by atoms with Gasteiger partial charge < -0.3 is 14.8 Å². The van der Waals surface area contributed by atoms with Gasteiger partial charge >= 0.3 is 0 Å². The van der Waals surface area contributed by atoms with Crippen molar-refractivity contribution in [3.63, 3.8) is 0 Å². The van der Waals surface area contributed by atoms with E-state index >= 15 is 0 Å². The molecule has 0 bridgehead atoms. The molecule has 0 spiro atoms. The highest BCUT2D eigenvalue weighted by atomic mass is 32.1. The second-order valence-corrected chi connectivity index (χ2v) is 8.14. The molecule has 0 radical (unpaired) electrons. The van der Waals surface area contributed by atoms with Crippen LogP contribution in [-0.4, -0.2) is 30.9 Å². The SMILES string of the molecule is COc1ccc(-c2csc(NC(=O)CCC(=O)c3ccc(C)s3)n2)cc1OC. The summed E-state index contributed by atoms with van der Waals surface area (Å²) in [6, 6.07) is 9.23. The number of benzene rings is 1. The molecule has 0 saturated heterocycles. The normalized spacial score (nSPS) is 10.5. The number of nitrogens with zero attached hydrogens (tertiary/aromatic N) is 1. The van der Waals surface area contributed by atoms with Crippen LogP contribution in [0.2, 0.25) is 0 Å². The third kappa shape index (κ3) is 4.76. The molecule has 3 rings (SSSR count). The van der Waals surface area contributed by atoms with Crippen LogP contribution in [0, 0.1) is 6.92 Å². The lowest BCUT2D eigenvalue weighted by atomic mass is 10.1. The Bertz CT molecular complexity index is 994. The summed E-state index contributed by atoms with van der Waals surface area (Å²) in [6.07, 6.45) is 0.306. The van der Waals surface area contributed by atoms with E-state index < -0.39 is 0 Å². The number of thiophene rings is 1. The summed E-state index contributed by atoms with van der Waals surface area (Å²) in [4.78, 5) is 30.5. The van der Waals surface area contributed by atoms with Crippen LogP contribution < -0.4 is 14.8 Å². The van der Waals surface area contributed by atoms with E-state index in [1.54, 1.807) is 20.3 Å². The maximum absolute atomic E-state index is 12.2. The van der Waals surface area contributed by atoms with Crippen molar-refractivity contribution in [2.45, 2.75) is 19.8 Å². The van der Waals surface area contributed by atoms with Crippen LogP contribution in [0.25, 0.3) is 11.3 Å². The molecule has 6 nitrogen and oxygen atoms in total. The van der Waals surface area contributed by atoms with E-state index in [1.165, 1.54) is 22.7 Å². The molecule has 0 saturated carbocycles. The first-order chi connectivity index (χ1) is 13.5. The van der Waals surface area contributed by atoms with Crippen molar-refractivity contribution >= 4 is 39.5 Å². The average molecular weight is 417 g/mol. The molecule has 0 atom stereocenters. The molecular formula is C20H20N2O4S2. The maximum atomic E-state index is 12.2. The van der Waals surface area contributed by atoms with E-state index in [0.717, 1.165) is 16.1 Å². The monoisotopic (exact) mass is 416 g/mol. The number of carbonyl (C=O) groups is 2. The van der Waals surface area contributed by atoms with E-state index in [0.29, 0.717) is 21.5 Å². The third-order valence-electron chi connectivity index (χ3n) is 4.02. The minimum absolute atomic E-state index is 0.0154. The first kappa shape index (κ1) is 20.0. The fourth-order valence-electron chi connectivity index (χ4n) is 2.58. The Morgan fingerprint density at radius 1 is 1.07 bits per heavy atom. The van der Waals surface area contributed by atoms with E-state index in [4.69, 9.17) is 9.47 Å². The van der Waals surface area contributed by atoms with Gasteiger partial charge in [0, 0.05) is 28.7 Å². The number of methoxy groups -OCH3 is 2. The summed E-state index contributed by atoms with van der Waals surface area (Å²) in [5, 5.41) is 5.11. The molecule has 0 aliphatic carbocycles. The predicted octanol–water partition coefficient (Wildman–Crippen LogP) is 4.80. The number of nitrogens with one attached hydrogen (secondary N) is 1. The number of thiazole rings is 1. The molecule has 0 aliphatic rings. The Morgan fingerprint density at radius 3 is 2.54 bits per heavy atom. The molecule has 0 unspecified atom stereocenters. The van der Waals surface area contributed by atoms with Gasteiger partial charge in [0.15, 0.2) is 22.4 Å². The van der Waals surface area contributed by atoms with Crippen LogP contribution >= 0.6 is 22.7 Å². The van der Waals surface area contributed by atoms with Gasteiger partial charge in [0.1, 0.15) is 0 Å². The second-order valence-electron chi connectivity index (χ2n) is 5.99. The van der Waals surface area contributed by atoms with Gasteiger partial charge in [-0.15, -0.1) is 22.7 Å². The molecule has 28 heavy (non-hydrogen) atoms. The highest BCUT2D eigenvalue weighted by Gasteiger charge is 2.14. The number of amides is 1. The van der Waals surface area contributed by atoms with Crippen molar-refractivity contribution in [3.8, 4) is 22.8 Å². The summed E-state index contributed by atoms with van der Waals surface area (Å²) in [5.41, 5.74) is 1.59. The van der Waals surface area contributed by atoms with Crippen LogP contribution in [0.1, 0.15) is 27.4 Å². The number of Topliss-reactive ketones (excluding diaryl/α,β-unsaturated/α-hetero) is 1. The largest absolute Gasteiger partial charge is 0.493 e. The van der Waals surface area contributed by atoms with Crippen molar-refractivity contribution < 1.29 is 19.1 Å². The highest BCUT2D eigenvalue weighted by molar-refractivity contribution is 7.14. The lowest BCUT2D eigenvalue weighted by molar-refractivity contribution is -0.116. The predicted molar refractivity (Wildman–Crippen MR) is 112 cm³/mol. The van der Waals surface area contributed by atoms with Crippen molar-refractivity contribution in [1.29, 1.82) is 0 Å². The van der Waals surface area contributed by atoms with Gasteiger partial charge in [-0.2, -0.15) is 0 Å². The van der Waals surface area contributed by atoms with Gasteiger partial charge in [0.05, 0.1) is 24.8 Å². The number of ketones is 1. The summed E-state index contributed by atoms with van der Waals surface area (Å²) < 4.78 is 10.5. The fraction of sp³-hybridized carbons (Fsp3) is 0.250. The quantitative estimate of drug-likeness (QED) is 0.534. The summed E-state index contributed by atoms with van der Waals surface area (Å²) >= 11 is 2.78. The first-order valence-corrected chi connectivity index (χ1v) is 10.3. The Balaban J connectivity index is 1.59. The second kappa shape index (κ2) is 8.99. The number of aromatic nitrogens is 1. The topological polar surface area (TPSA) is 77.5 Å². The number of hydrogen-bond donors (Lipinski definition) is 1. The van der Waals surface area contributed by atoms with Gasteiger partial charge in [0.2, 0.25) is 5.91 Å². The van der Waals surface area contributed by atoms with Gasteiger partial charge in [-0.25, -0.2) is 4.98 Å². The number of aryl methyl sites for hydroxylation is 1. The van der Waals surface area contributed by atoms with Gasteiger partial charge in [-0.3, -0.25) is 9.59 Å². The van der Waals surface area contributed by atoms with Gasteiger partial charge in [-0.05, 0) is 37.3 Å². The average Bonchev–Trinajstić information content (AvgIpc) is 3.34. The van der Waals surface area contributed by atoms with Crippen LogP contribution in [0.15, 0.2) is 35.7 Å². The van der Waals surface area contributed by atoms with E-state index in [-0.39, 0.29) is 24.5 Å². The first-order valence-electron chi connectivity index (χ1n) is 8.57. The number of ether oxygens (including phenoxy) is 2. The van der Waals surface area contributed by atoms with Gasteiger partial charge in [-0.1, -0.05) is 0 Å². The molecule has 2 heterocycles. The Kier molecular flexibility index (Phi) is 6.43. The Labute approximate surface area is 171 Å². The molecule has 3 aromatic rings. The molecule has 1 amide bonds. The van der Waals surface area contributed by atoms with Crippen LogP contribution in [0.3, 0.4) is 0 Å². The lowest BCUT2D eigenvalue weighted by Crippen LogP contribution is -2.13. The number of carbonyl (C=O) groups excluding carboxylic acids is 2. The molecule has 146 valence electrons. The fourth-order valence-corrected chi connectivity index (χ4v) is 4.15. The molecule has 0 aliphatic heterocycles. The van der Waals surface area contributed by atoms with Crippen molar-refractivity contribution in [3.05, 3.63) is 45.5 Å². The van der Waals surface area contributed by atoms with E-state index in [9.17, 15) is 9.59 Å². The summed E-state index contributed by atoms with van der Waals surface area (Å²) in [7, 11) is 3.16. The van der Waals surface area contributed by atoms with Crippen molar-refractivity contribution in [1.82, 2.24) is 4.98 Å². The number of hydrogen-bond acceptors (Lipinski definition) is 7. The zero-order valence-electron chi connectivity index (χ0n) is 15.8. The zero-order valence-corrected chi connectivity index (χ0v) is 17.4. The van der Waals surface area contributed by atoms with Crippen LogP contribution in [0.4, 0.5) is 5.13 Å². The molecule has 1 N–H and O–H groups in total. The Hall–Kier alpha value is -2.71. The van der Waals surface area contributed by atoms with Crippen LogP contribution in [0.5, 0.6) is 11.5 Å². The molecule has 0 fully saturated rings.